The molecule has 1 rings (SSSR count). The van der Waals surface area contributed by atoms with Crippen LogP contribution in [0.5, 0.6) is 0 Å². The van der Waals surface area contributed by atoms with Gasteiger partial charge in [0.05, 0.1) is 12.0 Å². The van der Waals surface area contributed by atoms with Crippen molar-refractivity contribution >= 4 is 5.91 Å². The number of carbonyl (C=O) groups is 1. The molecule has 0 aliphatic rings. The number of hydrogen-bond acceptors (Lipinski definition) is 2. The molecule has 0 bridgehead atoms. The third-order valence-corrected chi connectivity index (χ3v) is 1.53. The maximum Gasteiger partial charge on any atom is 0.229 e. The first kappa shape index (κ1) is 9.83. The summed E-state index contributed by atoms with van der Waals surface area (Å²) in [6, 6.07) is 8.97. The van der Waals surface area contributed by atoms with Crippen LogP contribution in [0.25, 0.3) is 0 Å². The van der Waals surface area contributed by atoms with Crippen molar-refractivity contribution in [2.24, 2.45) is 5.73 Å². The van der Waals surface area contributed by atoms with Crippen molar-refractivity contribution in [2.45, 2.75) is 6.42 Å². The lowest BCUT2D eigenvalue weighted by Gasteiger charge is -1.91. The van der Waals surface area contributed by atoms with Gasteiger partial charge in [-0.25, -0.2) is 0 Å². The van der Waals surface area contributed by atoms with Crippen molar-refractivity contribution in [2.75, 3.05) is 0 Å². The summed E-state index contributed by atoms with van der Waals surface area (Å²) in [7, 11) is 0. The van der Waals surface area contributed by atoms with E-state index in [9.17, 15) is 4.79 Å². The highest BCUT2D eigenvalue weighted by Gasteiger charge is 1.95. The van der Waals surface area contributed by atoms with E-state index in [4.69, 9.17) is 11.0 Å². The molecule has 0 saturated heterocycles. The van der Waals surface area contributed by atoms with Crippen LogP contribution in [-0.4, -0.2) is 5.91 Å². The van der Waals surface area contributed by atoms with Crippen LogP contribution < -0.4 is 5.73 Å². The summed E-state index contributed by atoms with van der Waals surface area (Å²) < 4.78 is 0. The normalized spacial score (nSPS) is 8.21. The molecule has 2 N–H and O–H groups in total. The molecule has 0 saturated carbocycles. The molecule has 0 aliphatic carbocycles. The van der Waals surface area contributed by atoms with Gasteiger partial charge in [-0.2, -0.15) is 5.26 Å². The molecule has 0 fully saturated rings. The van der Waals surface area contributed by atoms with Crippen LogP contribution in [0.3, 0.4) is 0 Å². The van der Waals surface area contributed by atoms with E-state index >= 15 is 0 Å². The molecule has 0 atom stereocenters. The lowest BCUT2D eigenvalue weighted by molar-refractivity contribution is -0.117. The van der Waals surface area contributed by atoms with Crippen LogP contribution in [0.4, 0.5) is 0 Å². The minimum atomic E-state index is -0.466. The fraction of sp³-hybridized carbons (Fsp3) is 0.0909. The molecule has 3 nitrogen and oxygen atoms in total. The monoisotopic (exact) mass is 184 g/mol. The zero-order chi connectivity index (χ0) is 10.4. The van der Waals surface area contributed by atoms with Gasteiger partial charge in [-0.3, -0.25) is 4.79 Å². The molecule has 1 amide bonds. The van der Waals surface area contributed by atoms with E-state index in [1.807, 2.05) is 6.07 Å². The van der Waals surface area contributed by atoms with Crippen molar-refractivity contribution in [1.29, 1.82) is 5.26 Å². The zero-order valence-electron chi connectivity index (χ0n) is 7.45. The molecule has 0 heterocycles. The zero-order valence-corrected chi connectivity index (χ0v) is 7.45. The van der Waals surface area contributed by atoms with Gasteiger partial charge in [-0.1, -0.05) is 24.0 Å². The topological polar surface area (TPSA) is 66.9 Å². The van der Waals surface area contributed by atoms with Gasteiger partial charge in [0.25, 0.3) is 0 Å². The van der Waals surface area contributed by atoms with Crippen molar-refractivity contribution < 1.29 is 4.79 Å². The Bertz CT molecular complexity index is 446. The van der Waals surface area contributed by atoms with E-state index in [1.165, 1.54) is 0 Å². The van der Waals surface area contributed by atoms with Gasteiger partial charge in [-0.15, -0.1) is 0 Å². The molecule has 14 heavy (non-hydrogen) atoms. The molecule has 0 unspecified atom stereocenters. The molecule has 0 radical (unpaired) electrons. The number of hydrogen-bond donors (Lipinski definition) is 1. The van der Waals surface area contributed by atoms with Crippen LogP contribution in [0.15, 0.2) is 24.3 Å². The van der Waals surface area contributed by atoms with Crippen molar-refractivity contribution in [3.8, 4) is 17.9 Å². The molecule has 0 aromatic heterocycles. The maximum atomic E-state index is 10.4. The van der Waals surface area contributed by atoms with Crippen LogP contribution in [0, 0.1) is 23.2 Å². The fourth-order valence-electron chi connectivity index (χ4n) is 0.916. The molecular formula is C11H8N2O. The van der Waals surface area contributed by atoms with Crippen LogP contribution in [-0.2, 0) is 4.79 Å². The second-order valence-electron chi connectivity index (χ2n) is 2.60. The van der Waals surface area contributed by atoms with E-state index in [0.29, 0.717) is 11.1 Å². The van der Waals surface area contributed by atoms with E-state index in [1.54, 1.807) is 24.3 Å². The summed E-state index contributed by atoms with van der Waals surface area (Å²) in [4.78, 5) is 10.4. The van der Waals surface area contributed by atoms with Gasteiger partial charge in [-0.05, 0) is 12.1 Å². The maximum absolute atomic E-state index is 10.4. The Labute approximate surface area is 82.1 Å². The lowest BCUT2D eigenvalue weighted by Crippen LogP contribution is -2.08. The lowest BCUT2D eigenvalue weighted by atomic mass is 10.1. The first-order valence-corrected chi connectivity index (χ1v) is 4.00. The average Bonchev–Trinajstić information content (AvgIpc) is 2.18. The summed E-state index contributed by atoms with van der Waals surface area (Å²) in [5.41, 5.74) is 6.05. The number of amides is 1. The summed E-state index contributed by atoms with van der Waals surface area (Å²) in [5, 5.41) is 8.72. The Morgan fingerprint density at radius 2 is 2.00 bits per heavy atom. The number of nitrogens with zero attached hydrogens (tertiary/aromatic N) is 1. The molecule has 3 heteroatoms. The van der Waals surface area contributed by atoms with Gasteiger partial charge in [0.2, 0.25) is 5.91 Å². The SMILES string of the molecule is N#Cc1ccccc1C#CCC(N)=O. The largest absolute Gasteiger partial charge is 0.369 e. The Morgan fingerprint density at radius 3 is 2.57 bits per heavy atom. The van der Waals surface area contributed by atoms with Crippen molar-refractivity contribution in [1.82, 2.24) is 0 Å². The minimum absolute atomic E-state index is 0.0137. The van der Waals surface area contributed by atoms with Gasteiger partial charge < -0.3 is 5.73 Å². The summed E-state index contributed by atoms with van der Waals surface area (Å²) in [6.07, 6.45) is 0.0137. The van der Waals surface area contributed by atoms with Gasteiger partial charge in [0.15, 0.2) is 0 Å². The fourth-order valence-corrected chi connectivity index (χ4v) is 0.916. The first-order chi connectivity index (χ1) is 6.74. The standard InChI is InChI=1S/C11H8N2O/c12-8-10-5-2-1-4-9(10)6-3-7-11(13)14/h1-2,4-5H,7H2,(H2,13,14). The summed E-state index contributed by atoms with van der Waals surface area (Å²) in [5.74, 6) is 4.86. The first-order valence-electron chi connectivity index (χ1n) is 4.00. The number of nitrogens with two attached hydrogens (primary N) is 1. The summed E-state index contributed by atoms with van der Waals surface area (Å²) in [6.45, 7) is 0. The average molecular weight is 184 g/mol. The number of benzene rings is 1. The Hall–Kier alpha value is -2.26. The molecule has 0 aliphatic heterocycles. The predicted molar refractivity (Wildman–Crippen MR) is 51.8 cm³/mol. The van der Waals surface area contributed by atoms with Gasteiger partial charge in [0.1, 0.15) is 6.07 Å². The molecule has 1 aromatic carbocycles. The number of carbonyl (C=O) groups excluding carboxylic acids is 1. The second kappa shape index (κ2) is 4.69. The predicted octanol–water partition coefficient (Wildman–Crippen LogP) is 0.785. The van der Waals surface area contributed by atoms with Crippen LogP contribution >= 0.6 is 0 Å². The van der Waals surface area contributed by atoms with Crippen LogP contribution in [0.2, 0.25) is 0 Å². The Morgan fingerprint density at radius 1 is 1.36 bits per heavy atom. The molecular weight excluding hydrogens is 176 g/mol. The van der Waals surface area contributed by atoms with Crippen LogP contribution in [0.1, 0.15) is 17.5 Å². The highest BCUT2D eigenvalue weighted by atomic mass is 16.1. The number of rotatable bonds is 1. The van der Waals surface area contributed by atoms with Crippen molar-refractivity contribution in [3.63, 3.8) is 0 Å². The minimum Gasteiger partial charge on any atom is -0.369 e. The smallest absolute Gasteiger partial charge is 0.229 e. The quantitative estimate of drug-likeness (QED) is 0.655. The molecule has 0 spiro atoms. The molecule has 1 aromatic rings. The Kier molecular flexibility index (Phi) is 3.29. The third-order valence-electron chi connectivity index (χ3n) is 1.53. The number of nitriles is 1. The third kappa shape index (κ3) is 2.66. The van der Waals surface area contributed by atoms with E-state index in [2.05, 4.69) is 11.8 Å². The van der Waals surface area contributed by atoms with Crippen molar-refractivity contribution in [3.05, 3.63) is 35.4 Å². The van der Waals surface area contributed by atoms with E-state index in [-0.39, 0.29) is 6.42 Å². The highest BCUT2D eigenvalue weighted by molar-refractivity contribution is 5.76. The van der Waals surface area contributed by atoms with E-state index < -0.39 is 5.91 Å². The van der Waals surface area contributed by atoms with Gasteiger partial charge >= 0.3 is 0 Å². The molecule has 68 valence electrons. The Balaban J connectivity index is 2.90. The highest BCUT2D eigenvalue weighted by Crippen LogP contribution is 2.04. The second-order valence-corrected chi connectivity index (χ2v) is 2.60. The number of primary amides is 1. The van der Waals surface area contributed by atoms with Gasteiger partial charge in [0, 0.05) is 5.56 Å². The van der Waals surface area contributed by atoms with E-state index in [0.717, 1.165) is 0 Å². The summed E-state index contributed by atoms with van der Waals surface area (Å²) >= 11 is 0.